The zero-order valence-electron chi connectivity index (χ0n) is 22.8. The van der Waals surface area contributed by atoms with E-state index in [2.05, 4.69) is 58.9 Å². The van der Waals surface area contributed by atoms with E-state index in [1.54, 1.807) is 6.20 Å². The smallest absolute Gasteiger partial charge is 0.0329 e. The normalized spacial score (nSPS) is 20.2. The minimum absolute atomic E-state index is 0. The molecule has 1 radical (unpaired) electrons. The Morgan fingerprint density at radius 2 is 1.97 bits per heavy atom. The van der Waals surface area contributed by atoms with Gasteiger partial charge in [-0.25, -0.2) is 12.5 Å². The number of benzene rings is 2. The molecule has 1 aliphatic carbocycles. The number of fused-ring (bicyclic) bond motifs is 3. The van der Waals surface area contributed by atoms with Crippen molar-refractivity contribution in [1.29, 1.82) is 0 Å². The molecule has 1 aliphatic heterocycles. The Morgan fingerprint density at radius 3 is 2.76 bits per heavy atom. The van der Waals surface area contributed by atoms with Crippen LogP contribution in [0, 0.1) is 12.5 Å². The van der Waals surface area contributed by atoms with Crippen molar-refractivity contribution in [2.24, 2.45) is 4.99 Å². The van der Waals surface area contributed by atoms with Crippen LogP contribution < -0.4 is 9.75 Å². The van der Waals surface area contributed by atoms with Crippen LogP contribution in [0.15, 0.2) is 89.7 Å². The van der Waals surface area contributed by atoms with E-state index in [-0.39, 0.29) is 25.7 Å². The number of hydrogen-bond donors (Lipinski definition) is 0. The first-order chi connectivity index (χ1) is 17.8. The fourth-order valence-electron chi connectivity index (χ4n) is 3.21. The van der Waals surface area contributed by atoms with Crippen molar-refractivity contribution in [2.75, 3.05) is 0 Å². The molecule has 0 spiro atoms. The molecule has 0 fully saturated rings. The summed E-state index contributed by atoms with van der Waals surface area (Å²) in [6.45, 7) is -2.29. The van der Waals surface area contributed by atoms with E-state index in [1.807, 2.05) is 53.8 Å². The molecular formula is C29H26IrN2S-2. The maximum atomic E-state index is 7.38. The van der Waals surface area contributed by atoms with Crippen molar-refractivity contribution in [1.82, 2.24) is 4.98 Å². The second-order valence-corrected chi connectivity index (χ2v) is 8.04. The molecule has 0 bridgehead atoms. The SMILES string of the molecule is C1=c2sc3ccccc3c2=C[CH-]C1.[2H]C1C=NC=C(C([2H])([2H])[2H])C1[2H].[Ir].[c-]1ccccc1-c1ccccn1. The van der Waals surface area contributed by atoms with Gasteiger partial charge in [-0.05, 0) is 37.5 Å². The van der Waals surface area contributed by atoms with Gasteiger partial charge in [-0.2, -0.15) is 11.3 Å². The number of allylic oxidation sites excluding steroid dienone is 1. The summed E-state index contributed by atoms with van der Waals surface area (Å²) >= 11 is 1.89. The van der Waals surface area contributed by atoms with Crippen LogP contribution in [0.4, 0.5) is 0 Å². The van der Waals surface area contributed by atoms with Crippen molar-refractivity contribution >= 4 is 39.8 Å². The first-order valence-electron chi connectivity index (χ1n) is 13.0. The number of aliphatic imine (C=N–C) groups is 1. The van der Waals surface area contributed by atoms with Crippen LogP contribution in [0.3, 0.4) is 0 Å². The maximum Gasteiger partial charge on any atom is 0.0329 e. The summed E-state index contributed by atoms with van der Waals surface area (Å²) in [5, 5.41) is 2.81. The van der Waals surface area contributed by atoms with Gasteiger partial charge in [0.25, 0.3) is 0 Å². The number of aromatic nitrogens is 1. The maximum absolute atomic E-state index is 7.38. The second kappa shape index (κ2) is 13.1. The first-order valence-corrected chi connectivity index (χ1v) is 11.1. The third kappa shape index (κ3) is 7.10. The van der Waals surface area contributed by atoms with E-state index in [4.69, 9.17) is 6.85 Å². The Morgan fingerprint density at radius 1 is 1.09 bits per heavy atom. The Kier molecular flexibility index (Phi) is 7.37. The predicted octanol–water partition coefficient (Wildman–Crippen LogP) is 6.37. The van der Waals surface area contributed by atoms with Crippen LogP contribution >= 0.6 is 11.3 Å². The molecule has 2 aromatic carbocycles. The van der Waals surface area contributed by atoms with Gasteiger partial charge in [-0.3, -0.25) is 4.99 Å². The fraction of sp³-hybridized carbons (Fsp3) is 0.138. The predicted molar refractivity (Wildman–Crippen MR) is 139 cm³/mol. The molecule has 0 N–H and O–H groups in total. The Balaban J connectivity index is 0.000000156. The van der Waals surface area contributed by atoms with Crippen LogP contribution in [-0.4, -0.2) is 11.2 Å². The summed E-state index contributed by atoms with van der Waals surface area (Å²) in [6, 6.07) is 25.4. The van der Waals surface area contributed by atoms with Gasteiger partial charge in [-0.15, -0.1) is 41.1 Å². The van der Waals surface area contributed by atoms with Crippen molar-refractivity contribution < 1.29 is 27.0 Å². The van der Waals surface area contributed by atoms with Gasteiger partial charge in [0.15, 0.2) is 0 Å². The Labute approximate surface area is 220 Å². The zero-order valence-corrected chi connectivity index (χ0v) is 21.0. The molecule has 33 heavy (non-hydrogen) atoms. The van der Waals surface area contributed by atoms with E-state index in [0.717, 1.165) is 23.9 Å². The molecule has 2 aromatic heterocycles. The van der Waals surface area contributed by atoms with Crippen LogP contribution in [0.25, 0.3) is 33.5 Å². The van der Waals surface area contributed by atoms with Gasteiger partial charge in [0.1, 0.15) is 0 Å². The fourth-order valence-corrected chi connectivity index (χ4v) is 4.35. The molecule has 4 heteroatoms. The molecule has 3 heterocycles. The molecule has 4 aromatic rings. The molecule has 6 rings (SSSR count). The summed E-state index contributed by atoms with van der Waals surface area (Å²) in [6.07, 6.45) is 10.2. The monoisotopic (exact) mass is 632 g/mol. The van der Waals surface area contributed by atoms with Gasteiger partial charge in [0.2, 0.25) is 0 Å². The first kappa shape index (κ1) is 18.6. The zero-order chi connectivity index (χ0) is 26.3. The summed E-state index contributed by atoms with van der Waals surface area (Å²) in [5.74, 6) is 0. The average Bonchev–Trinajstić information content (AvgIpc) is 3.30. The minimum Gasteiger partial charge on any atom is -0.305 e. The van der Waals surface area contributed by atoms with Gasteiger partial charge in [0, 0.05) is 50.3 Å². The Hall–Kier alpha value is -2.78. The van der Waals surface area contributed by atoms with Crippen LogP contribution in [0.5, 0.6) is 0 Å². The largest absolute Gasteiger partial charge is 0.305 e. The van der Waals surface area contributed by atoms with Gasteiger partial charge in [0.05, 0.1) is 0 Å². The summed E-state index contributed by atoms with van der Waals surface area (Å²) in [7, 11) is 0. The molecule has 169 valence electrons. The summed E-state index contributed by atoms with van der Waals surface area (Å²) in [5.41, 5.74) is 1.96. The molecule has 2 unspecified atom stereocenters. The molecule has 0 saturated carbocycles. The van der Waals surface area contributed by atoms with Gasteiger partial charge < -0.3 is 4.98 Å². The van der Waals surface area contributed by atoms with Crippen LogP contribution in [0.1, 0.15) is 32.9 Å². The van der Waals surface area contributed by atoms with Crippen LogP contribution in [0.2, 0.25) is 0 Å². The van der Waals surface area contributed by atoms with Gasteiger partial charge >= 0.3 is 0 Å². The second-order valence-electron chi connectivity index (χ2n) is 6.95. The quantitative estimate of drug-likeness (QED) is 0.224. The standard InChI is InChI=1S/C12H9S.C11H8N.C6H9N.Ir/c1-3-7-11-9(5-1)10-6-2-4-8-12(10)13-11;1-2-6-10(7-3-1)11-8-4-5-9-12-11;1-6-3-2-4-7-5-6;/h1-3,5-8H,4H2;1-6,8-9H;4-5H,2-3H2,1H3;/q2*-1;;/i;;1D3,2D,3D;. The van der Waals surface area contributed by atoms with Crippen molar-refractivity contribution in [3.05, 3.63) is 107 Å². The molecule has 0 amide bonds. The van der Waals surface area contributed by atoms with Gasteiger partial charge in [-0.1, -0.05) is 58.3 Å². The number of nitrogens with zero attached hydrogens (tertiary/aromatic N) is 2. The third-order valence-electron chi connectivity index (χ3n) is 4.70. The number of hydrogen-bond acceptors (Lipinski definition) is 3. The van der Waals surface area contributed by atoms with E-state index in [9.17, 15) is 0 Å². The van der Waals surface area contributed by atoms with E-state index in [0.29, 0.717) is 0 Å². The molecule has 0 saturated heterocycles. The summed E-state index contributed by atoms with van der Waals surface area (Å²) < 4.78 is 38.6. The van der Waals surface area contributed by atoms with Crippen molar-refractivity contribution in [2.45, 2.75) is 26.1 Å². The molecule has 2 nitrogen and oxygen atoms in total. The number of thiophene rings is 1. The Bertz CT molecular complexity index is 1460. The number of pyridine rings is 1. The van der Waals surface area contributed by atoms with Crippen molar-refractivity contribution in [3.63, 3.8) is 0 Å². The molecule has 2 atom stereocenters. The molecular weight excluding hydrogens is 601 g/mol. The molecule has 2 aliphatic rings. The third-order valence-corrected chi connectivity index (χ3v) is 5.88. The average molecular weight is 632 g/mol. The van der Waals surface area contributed by atoms with Crippen LogP contribution in [-0.2, 0) is 20.1 Å². The van der Waals surface area contributed by atoms with E-state index in [1.165, 1.54) is 26.1 Å². The summed E-state index contributed by atoms with van der Waals surface area (Å²) in [4.78, 5) is 7.82. The van der Waals surface area contributed by atoms with E-state index >= 15 is 0 Å². The number of rotatable bonds is 1. The minimum atomic E-state index is -2.29. The van der Waals surface area contributed by atoms with Crippen molar-refractivity contribution in [3.8, 4) is 11.3 Å². The topological polar surface area (TPSA) is 25.2 Å². The van der Waals surface area contributed by atoms with E-state index < -0.39 is 19.6 Å².